The van der Waals surface area contributed by atoms with Crippen LogP contribution in [-0.4, -0.2) is 40.8 Å². The number of aromatic carboxylic acids is 1. The summed E-state index contributed by atoms with van der Waals surface area (Å²) in [6, 6.07) is 0.0793. The number of carboxylic acids is 1. The molecule has 2 aromatic heterocycles. The van der Waals surface area contributed by atoms with E-state index in [2.05, 4.69) is 15.3 Å². The number of hydrogen-bond donors (Lipinski definition) is 2. The first-order valence-electron chi connectivity index (χ1n) is 5.77. The quantitative estimate of drug-likeness (QED) is 0.873. The zero-order valence-electron chi connectivity index (χ0n) is 10.9. The van der Waals surface area contributed by atoms with E-state index >= 15 is 0 Å². The van der Waals surface area contributed by atoms with Gasteiger partial charge in [0.1, 0.15) is 21.9 Å². The van der Waals surface area contributed by atoms with E-state index in [1.807, 2.05) is 6.92 Å². The molecule has 0 fully saturated rings. The first kappa shape index (κ1) is 13.7. The summed E-state index contributed by atoms with van der Waals surface area (Å²) in [5.74, 6) is -0.285. The molecule has 2 rings (SSSR count). The standard InChI is InChI=1S/C12H15N3O3S/c1-6(4-18-3)15-10-8-7(2)9(12(16)17)19-11(8)14-5-13-10/h5-6H,4H2,1-3H3,(H,16,17)(H,13,14,15)/t6-/m1/s1. The topological polar surface area (TPSA) is 84.3 Å². The Morgan fingerprint density at radius 1 is 1.58 bits per heavy atom. The molecule has 0 unspecified atom stereocenters. The van der Waals surface area contributed by atoms with Crippen LogP contribution in [0.25, 0.3) is 10.2 Å². The Labute approximate surface area is 114 Å². The van der Waals surface area contributed by atoms with Gasteiger partial charge in [0.15, 0.2) is 0 Å². The van der Waals surface area contributed by atoms with Crippen LogP contribution in [0, 0.1) is 6.92 Å². The van der Waals surface area contributed by atoms with Gasteiger partial charge in [-0.3, -0.25) is 0 Å². The molecule has 0 spiro atoms. The molecule has 0 aliphatic heterocycles. The van der Waals surface area contributed by atoms with Gasteiger partial charge in [0.05, 0.1) is 12.0 Å². The molecule has 0 radical (unpaired) electrons. The molecule has 0 aliphatic rings. The Kier molecular flexibility index (Phi) is 3.96. The third kappa shape index (κ3) is 2.66. The highest BCUT2D eigenvalue weighted by molar-refractivity contribution is 7.20. The minimum Gasteiger partial charge on any atom is -0.477 e. The second kappa shape index (κ2) is 5.50. The van der Waals surface area contributed by atoms with Crippen LogP contribution in [0.3, 0.4) is 0 Å². The molecule has 0 aliphatic carbocycles. The molecule has 0 saturated carbocycles. The van der Waals surface area contributed by atoms with Gasteiger partial charge in [-0.05, 0) is 19.4 Å². The molecule has 2 heterocycles. The summed E-state index contributed by atoms with van der Waals surface area (Å²) in [6.07, 6.45) is 1.44. The maximum absolute atomic E-state index is 11.1. The average molecular weight is 281 g/mol. The minimum atomic E-state index is -0.934. The summed E-state index contributed by atoms with van der Waals surface area (Å²) >= 11 is 1.16. The summed E-state index contributed by atoms with van der Waals surface area (Å²) in [4.78, 5) is 20.5. The number of carboxylic acid groups (broad SMARTS) is 1. The average Bonchev–Trinajstić information content (AvgIpc) is 2.68. The van der Waals surface area contributed by atoms with Gasteiger partial charge in [0.25, 0.3) is 0 Å². The highest BCUT2D eigenvalue weighted by Crippen LogP contribution is 2.33. The molecular weight excluding hydrogens is 266 g/mol. The van der Waals surface area contributed by atoms with Gasteiger partial charge < -0.3 is 15.2 Å². The number of ether oxygens (including phenoxy) is 1. The van der Waals surface area contributed by atoms with Crippen molar-refractivity contribution in [2.75, 3.05) is 19.0 Å². The Hall–Kier alpha value is -1.73. The van der Waals surface area contributed by atoms with E-state index in [4.69, 9.17) is 9.84 Å². The summed E-state index contributed by atoms with van der Waals surface area (Å²) in [7, 11) is 1.63. The van der Waals surface area contributed by atoms with Gasteiger partial charge in [-0.15, -0.1) is 11.3 Å². The summed E-state index contributed by atoms with van der Waals surface area (Å²) in [5, 5.41) is 13.1. The number of aryl methyl sites for hydroxylation is 1. The SMILES string of the molecule is COC[C@@H](C)Nc1ncnc2sc(C(=O)O)c(C)c12. The predicted octanol–water partition coefficient (Wildman–Crippen LogP) is 2.14. The molecular formula is C12H15N3O3S. The third-order valence-electron chi connectivity index (χ3n) is 2.72. The van der Waals surface area contributed by atoms with E-state index in [1.165, 1.54) is 6.33 Å². The van der Waals surface area contributed by atoms with Crippen LogP contribution in [0.1, 0.15) is 22.2 Å². The smallest absolute Gasteiger partial charge is 0.346 e. The molecule has 2 aromatic rings. The number of thiophene rings is 1. The van der Waals surface area contributed by atoms with Gasteiger partial charge in [0, 0.05) is 13.2 Å². The summed E-state index contributed by atoms with van der Waals surface area (Å²) in [5.41, 5.74) is 0.695. The van der Waals surface area contributed by atoms with E-state index in [1.54, 1.807) is 14.0 Å². The summed E-state index contributed by atoms with van der Waals surface area (Å²) in [6.45, 7) is 4.29. The normalized spacial score (nSPS) is 12.6. The van der Waals surface area contributed by atoms with Crippen molar-refractivity contribution in [2.24, 2.45) is 0 Å². The van der Waals surface area contributed by atoms with Gasteiger partial charge in [-0.1, -0.05) is 0 Å². The van der Waals surface area contributed by atoms with E-state index in [9.17, 15) is 4.79 Å². The Morgan fingerprint density at radius 3 is 2.95 bits per heavy atom. The van der Waals surface area contributed by atoms with Crippen LogP contribution < -0.4 is 5.32 Å². The maximum Gasteiger partial charge on any atom is 0.346 e. The van der Waals surface area contributed by atoms with Crippen molar-refractivity contribution in [3.05, 3.63) is 16.8 Å². The van der Waals surface area contributed by atoms with E-state index in [0.29, 0.717) is 27.7 Å². The second-order valence-corrected chi connectivity index (χ2v) is 5.26. The second-order valence-electron chi connectivity index (χ2n) is 4.26. The molecule has 0 saturated heterocycles. The molecule has 102 valence electrons. The van der Waals surface area contributed by atoms with Crippen LogP contribution in [0.2, 0.25) is 0 Å². The number of aromatic nitrogens is 2. The number of nitrogens with zero attached hydrogens (tertiary/aromatic N) is 2. The van der Waals surface area contributed by atoms with Crippen molar-refractivity contribution >= 4 is 33.3 Å². The number of rotatable bonds is 5. The van der Waals surface area contributed by atoms with E-state index in [0.717, 1.165) is 16.7 Å². The van der Waals surface area contributed by atoms with Crippen LogP contribution in [0.15, 0.2) is 6.33 Å². The van der Waals surface area contributed by atoms with Crippen molar-refractivity contribution in [3.8, 4) is 0 Å². The monoisotopic (exact) mass is 281 g/mol. The zero-order valence-corrected chi connectivity index (χ0v) is 11.7. The van der Waals surface area contributed by atoms with E-state index < -0.39 is 5.97 Å². The number of methoxy groups -OCH3 is 1. The predicted molar refractivity (Wildman–Crippen MR) is 74.1 cm³/mol. The van der Waals surface area contributed by atoms with Gasteiger partial charge in [-0.25, -0.2) is 14.8 Å². The highest BCUT2D eigenvalue weighted by atomic mass is 32.1. The van der Waals surface area contributed by atoms with Crippen LogP contribution >= 0.6 is 11.3 Å². The fourth-order valence-electron chi connectivity index (χ4n) is 1.91. The number of anilines is 1. The Balaban J connectivity index is 2.47. The van der Waals surface area contributed by atoms with Crippen molar-refractivity contribution in [3.63, 3.8) is 0 Å². The molecule has 0 bridgehead atoms. The third-order valence-corrected chi connectivity index (χ3v) is 3.91. The number of fused-ring (bicyclic) bond motifs is 1. The molecule has 7 heteroatoms. The molecule has 0 aromatic carbocycles. The molecule has 2 N–H and O–H groups in total. The van der Waals surface area contributed by atoms with Crippen molar-refractivity contribution in [1.82, 2.24) is 9.97 Å². The Bertz CT molecular complexity index is 612. The highest BCUT2D eigenvalue weighted by Gasteiger charge is 2.19. The van der Waals surface area contributed by atoms with Crippen LogP contribution in [-0.2, 0) is 4.74 Å². The number of hydrogen-bond acceptors (Lipinski definition) is 6. The fourth-order valence-corrected chi connectivity index (χ4v) is 2.90. The maximum atomic E-state index is 11.1. The fraction of sp³-hybridized carbons (Fsp3) is 0.417. The van der Waals surface area contributed by atoms with Gasteiger partial charge in [-0.2, -0.15) is 0 Å². The number of nitrogens with one attached hydrogen (secondary N) is 1. The lowest BCUT2D eigenvalue weighted by Gasteiger charge is -2.14. The summed E-state index contributed by atoms with van der Waals surface area (Å²) < 4.78 is 5.06. The van der Waals surface area contributed by atoms with Crippen LogP contribution in [0.4, 0.5) is 5.82 Å². The van der Waals surface area contributed by atoms with Crippen LogP contribution in [0.5, 0.6) is 0 Å². The molecule has 19 heavy (non-hydrogen) atoms. The van der Waals surface area contributed by atoms with Crippen molar-refractivity contribution in [2.45, 2.75) is 19.9 Å². The van der Waals surface area contributed by atoms with Gasteiger partial charge in [0.2, 0.25) is 0 Å². The number of carbonyl (C=O) groups is 1. The molecule has 0 amide bonds. The first-order valence-corrected chi connectivity index (χ1v) is 6.59. The largest absolute Gasteiger partial charge is 0.477 e. The van der Waals surface area contributed by atoms with Gasteiger partial charge >= 0.3 is 5.97 Å². The Morgan fingerprint density at radius 2 is 2.32 bits per heavy atom. The zero-order chi connectivity index (χ0) is 14.0. The lowest BCUT2D eigenvalue weighted by molar-refractivity contribution is 0.0701. The minimum absolute atomic E-state index is 0.0793. The van der Waals surface area contributed by atoms with Crippen molar-refractivity contribution < 1.29 is 14.6 Å². The first-order chi connectivity index (χ1) is 9.04. The molecule has 1 atom stereocenters. The van der Waals surface area contributed by atoms with Crippen molar-refractivity contribution in [1.29, 1.82) is 0 Å². The lowest BCUT2D eigenvalue weighted by atomic mass is 10.2. The molecule has 6 nitrogen and oxygen atoms in total. The lowest BCUT2D eigenvalue weighted by Crippen LogP contribution is -2.21. The van der Waals surface area contributed by atoms with E-state index in [-0.39, 0.29) is 6.04 Å².